The Labute approximate surface area is 190 Å². The van der Waals surface area contributed by atoms with Crippen molar-refractivity contribution in [1.29, 1.82) is 0 Å². The molecule has 35 heavy (non-hydrogen) atoms. The number of hydrogen-bond donors (Lipinski definition) is 3. The first kappa shape index (κ1) is 27.4. The van der Waals surface area contributed by atoms with Crippen molar-refractivity contribution in [2.45, 2.75) is 24.4 Å². The van der Waals surface area contributed by atoms with Gasteiger partial charge in [-0.2, -0.15) is 26.3 Å². The van der Waals surface area contributed by atoms with Crippen LogP contribution in [-0.4, -0.2) is 37.3 Å². The fraction of sp³-hybridized carbons (Fsp3) is 0.263. The number of esters is 1. The number of nitrogens with one attached hydrogen (secondary N) is 3. The monoisotopic (exact) mass is 519 g/mol. The third kappa shape index (κ3) is 7.07. The molecule has 2 amide bonds. The van der Waals surface area contributed by atoms with Crippen molar-refractivity contribution in [3.8, 4) is 5.75 Å². The molecule has 0 saturated carbocycles. The Morgan fingerprint density at radius 2 is 1.43 bits per heavy atom. The number of carbonyl (C=O) groups is 2. The Morgan fingerprint density at radius 3 is 1.91 bits per heavy atom. The second kappa shape index (κ2) is 9.79. The molecule has 2 rings (SSSR count). The summed E-state index contributed by atoms with van der Waals surface area (Å²) < 4.78 is 125. The third-order valence-electron chi connectivity index (χ3n) is 4.09. The quantitative estimate of drug-likeness (QED) is 0.275. The SMILES string of the molecule is COC(=O)C(NC(=O)Nc1ccc(OC(F)(F)F)cc1)(Nc1cccc(C(F)(F)F)c1)C(F)(F)F. The van der Waals surface area contributed by atoms with E-state index >= 15 is 0 Å². The van der Waals surface area contributed by atoms with E-state index in [1.165, 1.54) is 10.6 Å². The summed E-state index contributed by atoms with van der Waals surface area (Å²) in [4.78, 5) is 24.4. The molecule has 0 aromatic heterocycles. The number of urea groups is 1. The smallest absolute Gasteiger partial charge is 0.466 e. The number of rotatable bonds is 6. The van der Waals surface area contributed by atoms with E-state index in [4.69, 9.17) is 0 Å². The fourth-order valence-electron chi connectivity index (χ4n) is 2.61. The fourth-order valence-corrected chi connectivity index (χ4v) is 2.61. The van der Waals surface area contributed by atoms with E-state index in [2.05, 4.69) is 9.47 Å². The summed E-state index contributed by atoms with van der Waals surface area (Å²) in [6, 6.07) is 3.81. The minimum Gasteiger partial charge on any atom is -0.466 e. The van der Waals surface area contributed by atoms with E-state index in [-0.39, 0.29) is 11.8 Å². The van der Waals surface area contributed by atoms with Crippen LogP contribution in [0.1, 0.15) is 5.56 Å². The number of ether oxygens (including phenoxy) is 2. The molecule has 3 N–H and O–H groups in total. The van der Waals surface area contributed by atoms with Crippen LogP contribution in [0.25, 0.3) is 0 Å². The molecule has 0 aliphatic heterocycles. The highest BCUT2D eigenvalue weighted by atomic mass is 19.4. The van der Waals surface area contributed by atoms with E-state index < -0.39 is 53.4 Å². The van der Waals surface area contributed by atoms with Gasteiger partial charge in [0.05, 0.1) is 12.7 Å². The van der Waals surface area contributed by atoms with Crippen molar-refractivity contribution in [2.75, 3.05) is 17.7 Å². The van der Waals surface area contributed by atoms with Crippen LogP contribution in [0.4, 0.5) is 55.7 Å². The van der Waals surface area contributed by atoms with Crippen molar-refractivity contribution in [3.63, 3.8) is 0 Å². The number of alkyl halides is 9. The predicted molar refractivity (Wildman–Crippen MR) is 101 cm³/mol. The molecule has 0 spiro atoms. The van der Waals surface area contributed by atoms with Gasteiger partial charge in [0, 0.05) is 11.4 Å². The molecular formula is C19H14F9N3O4. The molecule has 16 heteroatoms. The number of carbonyl (C=O) groups excluding carboxylic acids is 2. The second-order valence-corrected chi connectivity index (χ2v) is 6.59. The van der Waals surface area contributed by atoms with Crippen LogP contribution in [0.15, 0.2) is 48.5 Å². The van der Waals surface area contributed by atoms with Crippen LogP contribution < -0.4 is 20.7 Å². The molecule has 192 valence electrons. The van der Waals surface area contributed by atoms with Crippen LogP contribution in [0.2, 0.25) is 0 Å². The number of amides is 2. The minimum absolute atomic E-state index is 0.266. The maximum Gasteiger partial charge on any atom is 0.573 e. The topological polar surface area (TPSA) is 88.7 Å². The zero-order valence-corrected chi connectivity index (χ0v) is 17.2. The van der Waals surface area contributed by atoms with E-state index in [1.54, 1.807) is 0 Å². The zero-order valence-electron chi connectivity index (χ0n) is 17.2. The molecule has 0 aliphatic carbocycles. The average molecular weight is 519 g/mol. The van der Waals surface area contributed by atoms with Gasteiger partial charge in [-0.25, -0.2) is 9.59 Å². The molecule has 1 unspecified atom stereocenters. The highest BCUT2D eigenvalue weighted by Gasteiger charge is 2.63. The predicted octanol–water partition coefficient (Wildman–Crippen LogP) is 5.27. The molecule has 0 radical (unpaired) electrons. The molecule has 1 atom stereocenters. The Kier molecular flexibility index (Phi) is 7.66. The lowest BCUT2D eigenvalue weighted by molar-refractivity contribution is -0.274. The third-order valence-corrected chi connectivity index (χ3v) is 4.09. The summed E-state index contributed by atoms with van der Waals surface area (Å²) in [5.74, 6) is -2.83. The molecular weight excluding hydrogens is 505 g/mol. The average Bonchev–Trinajstić information content (AvgIpc) is 2.71. The normalized spacial score (nSPS) is 13.9. The number of anilines is 2. The van der Waals surface area contributed by atoms with Crippen LogP contribution in [-0.2, 0) is 15.7 Å². The molecule has 0 bridgehead atoms. The molecule has 2 aromatic carbocycles. The lowest BCUT2D eigenvalue weighted by atomic mass is 10.1. The van der Waals surface area contributed by atoms with Crippen LogP contribution in [0.3, 0.4) is 0 Å². The maximum atomic E-state index is 14.0. The number of hydrogen-bond acceptors (Lipinski definition) is 5. The zero-order chi connectivity index (χ0) is 26.7. The van der Waals surface area contributed by atoms with Crippen LogP contribution in [0, 0.1) is 0 Å². The van der Waals surface area contributed by atoms with E-state index in [1.807, 2.05) is 5.32 Å². The van der Waals surface area contributed by atoms with Crippen molar-refractivity contribution >= 4 is 23.4 Å². The van der Waals surface area contributed by atoms with E-state index in [0.717, 1.165) is 36.4 Å². The first-order chi connectivity index (χ1) is 16.0. The van der Waals surface area contributed by atoms with Gasteiger partial charge in [-0.05, 0) is 42.5 Å². The highest BCUT2D eigenvalue weighted by molar-refractivity contribution is 5.96. The van der Waals surface area contributed by atoms with Gasteiger partial charge >= 0.3 is 36.4 Å². The summed E-state index contributed by atoms with van der Waals surface area (Å²) in [7, 11) is 0.537. The summed E-state index contributed by atoms with van der Waals surface area (Å²) in [5.41, 5.74) is -6.59. The summed E-state index contributed by atoms with van der Waals surface area (Å²) >= 11 is 0. The highest BCUT2D eigenvalue weighted by Crippen LogP contribution is 2.36. The van der Waals surface area contributed by atoms with Gasteiger partial charge < -0.3 is 20.1 Å². The van der Waals surface area contributed by atoms with Gasteiger partial charge in [-0.3, -0.25) is 5.32 Å². The molecule has 0 fully saturated rings. The first-order valence-corrected chi connectivity index (χ1v) is 9.02. The van der Waals surface area contributed by atoms with E-state index in [0.29, 0.717) is 13.2 Å². The van der Waals surface area contributed by atoms with Gasteiger partial charge in [-0.1, -0.05) is 6.07 Å². The number of halogens is 9. The Balaban J connectivity index is 2.35. The Hall–Kier alpha value is -3.85. The standard InChI is InChI=1S/C19H14F9N3O4/c1-34-14(32)16(18(23,24)25,30-12-4-2-3-10(9-12)17(20,21)22)31-15(33)29-11-5-7-13(8-6-11)35-19(26,27)28/h2-9,30H,1H3,(H2,29,31,33). The Bertz CT molecular complexity index is 1050. The van der Waals surface area contributed by atoms with E-state index in [9.17, 15) is 49.1 Å². The molecule has 2 aromatic rings. The van der Waals surface area contributed by atoms with Gasteiger partial charge in [0.15, 0.2) is 0 Å². The lowest BCUT2D eigenvalue weighted by Gasteiger charge is -2.35. The van der Waals surface area contributed by atoms with Crippen molar-refractivity contribution in [3.05, 3.63) is 54.1 Å². The summed E-state index contributed by atoms with van der Waals surface area (Å²) in [6.45, 7) is 0. The second-order valence-electron chi connectivity index (χ2n) is 6.59. The lowest BCUT2D eigenvalue weighted by Crippen LogP contribution is -2.69. The summed E-state index contributed by atoms with van der Waals surface area (Å²) in [6.07, 6.45) is -15.6. The van der Waals surface area contributed by atoms with Gasteiger partial charge in [0.2, 0.25) is 0 Å². The van der Waals surface area contributed by atoms with Crippen molar-refractivity contribution in [1.82, 2.24) is 5.32 Å². The minimum atomic E-state index is -5.66. The Morgan fingerprint density at radius 1 is 0.829 bits per heavy atom. The van der Waals surface area contributed by atoms with Crippen LogP contribution in [0.5, 0.6) is 5.75 Å². The van der Waals surface area contributed by atoms with Gasteiger partial charge in [-0.15, -0.1) is 13.2 Å². The first-order valence-electron chi connectivity index (χ1n) is 9.02. The maximum absolute atomic E-state index is 14.0. The molecule has 0 saturated heterocycles. The van der Waals surface area contributed by atoms with Crippen molar-refractivity contribution in [2.24, 2.45) is 0 Å². The molecule has 0 heterocycles. The summed E-state index contributed by atoms with van der Waals surface area (Å²) in [5, 5.41) is 4.65. The van der Waals surface area contributed by atoms with Gasteiger partial charge in [0.25, 0.3) is 0 Å². The number of methoxy groups -OCH3 is 1. The largest absolute Gasteiger partial charge is 0.573 e. The number of benzene rings is 2. The molecule has 7 nitrogen and oxygen atoms in total. The molecule has 0 aliphatic rings. The van der Waals surface area contributed by atoms with Gasteiger partial charge in [0.1, 0.15) is 5.75 Å². The van der Waals surface area contributed by atoms with Crippen LogP contribution >= 0.6 is 0 Å². The van der Waals surface area contributed by atoms with Crippen molar-refractivity contribution < 1.29 is 58.6 Å².